The summed E-state index contributed by atoms with van der Waals surface area (Å²) in [5.41, 5.74) is 1.32. The molecule has 0 saturated carbocycles. The number of nitrogens with zero attached hydrogens (tertiary/aromatic N) is 2. The van der Waals surface area contributed by atoms with Crippen LogP contribution in [-0.2, 0) is 16.0 Å². The van der Waals surface area contributed by atoms with Gasteiger partial charge in [-0.2, -0.15) is 11.3 Å². The van der Waals surface area contributed by atoms with Crippen LogP contribution in [0.15, 0.2) is 21.8 Å². The molecule has 0 amide bonds. The summed E-state index contributed by atoms with van der Waals surface area (Å²) >= 11 is 1.73. The first-order valence-electron chi connectivity index (χ1n) is 8.49. The van der Waals surface area contributed by atoms with E-state index in [1.54, 1.807) is 11.3 Å². The lowest BCUT2D eigenvalue weighted by atomic mass is 10.1. The van der Waals surface area contributed by atoms with Crippen LogP contribution >= 0.6 is 11.3 Å². The van der Waals surface area contributed by atoms with Crippen molar-refractivity contribution in [3.8, 4) is 0 Å². The van der Waals surface area contributed by atoms with Crippen LogP contribution in [0, 0.1) is 0 Å². The van der Waals surface area contributed by atoms with Gasteiger partial charge in [0.05, 0.1) is 6.10 Å². The molecule has 1 aliphatic rings. The molecule has 0 aromatic carbocycles. The minimum atomic E-state index is 0.377. The third-order valence-electron chi connectivity index (χ3n) is 3.78. The van der Waals surface area contributed by atoms with Gasteiger partial charge < -0.3 is 19.7 Å². The topological polar surface area (TPSA) is 46.1 Å². The molecule has 1 aliphatic heterocycles. The Balaban J connectivity index is 1.69. The van der Waals surface area contributed by atoms with E-state index in [1.807, 2.05) is 0 Å². The monoisotopic (exact) mass is 339 g/mol. The number of hydrogen-bond donors (Lipinski definition) is 1. The molecule has 1 N–H and O–H groups in total. The molecule has 0 aliphatic carbocycles. The molecule has 1 aromatic rings. The highest BCUT2D eigenvalue weighted by Crippen LogP contribution is 2.11. The highest BCUT2D eigenvalue weighted by Gasteiger charge is 2.13. The Morgan fingerprint density at radius 3 is 3.00 bits per heavy atom. The molecule has 6 heteroatoms. The van der Waals surface area contributed by atoms with Gasteiger partial charge in [0, 0.05) is 46.5 Å². The highest BCUT2D eigenvalue weighted by molar-refractivity contribution is 7.07. The fourth-order valence-corrected chi connectivity index (χ4v) is 3.20. The number of ether oxygens (including phenoxy) is 2. The van der Waals surface area contributed by atoms with E-state index >= 15 is 0 Å². The quantitative estimate of drug-likeness (QED) is 0.449. The van der Waals surface area contributed by atoms with Crippen molar-refractivity contribution in [2.45, 2.75) is 38.8 Å². The third-order valence-corrected chi connectivity index (χ3v) is 4.51. The summed E-state index contributed by atoms with van der Waals surface area (Å²) in [7, 11) is 2.08. The number of rotatable bonds is 8. The van der Waals surface area contributed by atoms with E-state index in [0.717, 1.165) is 64.7 Å². The number of aliphatic imine (C=N–C) groups is 1. The molecule has 130 valence electrons. The molecule has 23 heavy (non-hydrogen) atoms. The van der Waals surface area contributed by atoms with Crippen molar-refractivity contribution in [2.24, 2.45) is 4.99 Å². The van der Waals surface area contributed by atoms with Gasteiger partial charge in [-0.25, -0.2) is 0 Å². The second kappa shape index (κ2) is 10.6. The first kappa shape index (κ1) is 18.2. The first-order valence-corrected chi connectivity index (χ1v) is 9.43. The zero-order valence-electron chi connectivity index (χ0n) is 14.3. The number of thiophene rings is 1. The summed E-state index contributed by atoms with van der Waals surface area (Å²) in [4.78, 5) is 6.88. The Morgan fingerprint density at radius 2 is 2.30 bits per heavy atom. The number of nitrogens with one attached hydrogen (secondary N) is 1. The standard InChI is InChI=1S/C17H29N3O2S/c1-3-18-17(20(2)13-15-7-12-23-14-15)19-8-4-9-22-16-5-10-21-11-6-16/h7,12,14,16H,3-6,8-11,13H2,1-2H3,(H,18,19). The molecule has 0 radical (unpaired) electrons. The van der Waals surface area contributed by atoms with E-state index in [4.69, 9.17) is 14.5 Å². The van der Waals surface area contributed by atoms with Gasteiger partial charge in [0.2, 0.25) is 0 Å². The van der Waals surface area contributed by atoms with Crippen LogP contribution in [0.25, 0.3) is 0 Å². The average Bonchev–Trinajstić information content (AvgIpc) is 3.07. The summed E-state index contributed by atoms with van der Waals surface area (Å²) in [5.74, 6) is 0.963. The molecule has 0 atom stereocenters. The van der Waals surface area contributed by atoms with Crippen molar-refractivity contribution in [1.29, 1.82) is 0 Å². The summed E-state index contributed by atoms with van der Waals surface area (Å²) < 4.78 is 11.2. The van der Waals surface area contributed by atoms with E-state index in [-0.39, 0.29) is 0 Å². The molecule has 0 unspecified atom stereocenters. The van der Waals surface area contributed by atoms with E-state index < -0.39 is 0 Å². The maximum Gasteiger partial charge on any atom is 0.193 e. The third kappa shape index (κ3) is 6.89. The summed E-state index contributed by atoms with van der Waals surface area (Å²) in [5, 5.41) is 7.65. The number of guanidine groups is 1. The molecule has 2 heterocycles. The van der Waals surface area contributed by atoms with Crippen LogP contribution in [0.5, 0.6) is 0 Å². The molecule has 5 nitrogen and oxygen atoms in total. The van der Waals surface area contributed by atoms with Gasteiger partial charge in [-0.15, -0.1) is 0 Å². The van der Waals surface area contributed by atoms with Crippen molar-refractivity contribution in [3.63, 3.8) is 0 Å². The van der Waals surface area contributed by atoms with Crippen molar-refractivity contribution >= 4 is 17.3 Å². The van der Waals surface area contributed by atoms with Gasteiger partial charge in [0.1, 0.15) is 0 Å². The molecule has 1 aromatic heterocycles. The van der Waals surface area contributed by atoms with Crippen molar-refractivity contribution < 1.29 is 9.47 Å². The zero-order valence-corrected chi connectivity index (χ0v) is 15.1. The zero-order chi connectivity index (χ0) is 16.3. The average molecular weight is 340 g/mol. The van der Waals surface area contributed by atoms with E-state index in [9.17, 15) is 0 Å². The van der Waals surface area contributed by atoms with E-state index in [0.29, 0.717) is 6.10 Å². The fourth-order valence-electron chi connectivity index (χ4n) is 2.54. The smallest absolute Gasteiger partial charge is 0.193 e. The van der Waals surface area contributed by atoms with Crippen molar-refractivity contribution in [2.75, 3.05) is 40.0 Å². The minimum Gasteiger partial charge on any atom is -0.381 e. The minimum absolute atomic E-state index is 0.377. The van der Waals surface area contributed by atoms with Crippen molar-refractivity contribution in [1.82, 2.24) is 10.2 Å². The van der Waals surface area contributed by atoms with Gasteiger partial charge in [-0.3, -0.25) is 4.99 Å². The summed E-state index contributed by atoms with van der Waals surface area (Å²) in [6.07, 6.45) is 3.38. The van der Waals surface area contributed by atoms with Gasteiger partial charge in [0.25, 0.3) is 0 Å². The van der Waals surface area contributed by atoms with Crippen LogP contribution < -0.4 is 5.32 Å². The Kier molecular flexibility index (Phi) is 8.42. The van der Waals surface area contributed by atoms with Gasteiger partial charge in [0.15, 0.2) is 5.96 Å². The molecule has 1 fully saturated rings. The van der Waals surface area contributed by atoms with Crippen LogP contribution in [0.4, 0.5) is 0 Å². The molecular formula is C17H29N3O2S. The predicted molar refractivity (Wildman–Crippen MR) is 96.2 cm³/mol. The maximum absolute atomic E-state index is 5.89. The largest absolute Gasteiger partial charge is 0.381 e. The second-order valence-corrected chi connectivity index (χ2v) is 6.54. The fraction of sp³-hybridized carbons (Fsp3) is 0.706. The highest BCUT2D eigenvalue weighted by atomic mass is 32.1. The Bertz CT molecular complexity index is 445. The lowest BCUT2D eigenvalue weighted by molar-refractivity contribution is -0.0318. The van der Waals surface area contributed by atoms with E-state index in [2.05, 4.69) is 41.0 Å². The summed E-state index contributed by atoms with van der Waals surface area (Å²) in [6, 6.07) is 2.16. The number of hydrogen-bond acceptors (Lipinski definition) is 4. The lowest BCUT2D eigenvalue weighted by Crippen LogP contribution is -2.38. The Hall–Kier alpha value is -1.11. The second-order valence-electron chi connectivity index (χ2n) is 5.76. The van der Waals surface area contributed by atoms with Crippen LogP contribution in [0.2, 0.25) is 0 Å². The van der Waals surface area contributed by atoms with E-state index in [1.165, 1.54) is 5.56 Å². The van der Waals surface area contributed by atoms with Crippen LogP contribution in [0.1, 0.15) is 31.7 Å². The lowest BCUT2D eigenvalue weighted by Gasteiger charge is -2.23. The molecule has 0 bridgehead atoms. The molecule has 2 rings (SSSR count). The SMILES string of the molecule is CCNC(=NCCCOC1CCOCC1)N(C)Cc1ccsc1. The molecule has 1 saturated heterocycles. The predicted octanol–water partition coefficient (Wildman–Crippen LogP) is 2.73. The molecular weight excluding hydrogens is 310 g/mol. The first-order chi connectivity index (χ1) is 11.3. The van der Waals surface area contributed by atoms with Gasteiger partial charge >= 0.3 is 0 Å². The van der Waals surface area contributed by atoms with Gasteiger partial charge in [-0.05, 0) is 48.6 Å². The maximum atomic E-state index is 5.89. The normalized spacial score (nSPS) is 16.5. The Labute approximate surface area is 143 Å². The van der Waals surface area contributed by atoms with Gasteiger partial charge in [-0.1, -0.05) is 0 Å². The van der Waals surface area contributed by atoms with Crippen LogP contribution in [0.3, 0.4) is 0 Å². The van der Waals surface area contributed by atoms with Crippen LogP contribution in [-0.4, -0.2) is 56.9 Å². The summed E-state index contributed by atoms with van der Waals surface area (Å²) in [6.45, 7) is 7.10. The van der Waals surface area contributed by atoms with Crippen molar-refractivity contribution in [3.05, 3.63) is 22.4 Å². The molecule has 0 spiro atoms. The Morgan fingerprint density at radius 1 is 1.48 bits per heavy atom.